The third-order valence-electron chi connectivity index (χ3n) is 4.37. The largest absolute Gasteiger partial charge is 0.491 e. The van der Waals surface area contributed by atoms with E-state index < -0.39 is 0 Å². The second-order valence-electron chi connectivity index (χ2n) is 6.00. The Morgan fingerprint density at radius 2 is 2.05 bits per heavy atom. The van der Waals surface area contributed by atoms with Gasteiger partial charge in [0.2, 0.25) is 0 Å². The minimum absolute atomic E-state index is 0.391. The third kappa shape index (κ3) is 4.97. The summed E-state index contributed by atoms with van der Waals surface area (Å²) in [5.74, 6) is 2.37. The van der Waals surface area contributed by atoms with E-state index in [2.05, 4.69) is 13.8 Å². The Morgan fingerprint density at radius 1 is 1.24 bits per heavy atom. The van der Waals surface area contributed by atoms with Gasteiger partial charge in [0, 0.05) is 5.56 Å². The van der Waals surface area contributed by atoms with Crippen LogP contribution in [0.5, 0.6) is 5.75 Å². The molecule has 0 aromatic heterocycles. The first-order valence-corrected chi connectivity index (χ1v) is 8.11. The van der Waals surface area contributed by atoms with Crippen LogP contribution in [0.15, 0.2) is 24.3 Å². The van der Waals surface area contributed by atoms with Crippen LogP contribution in [0.4, 0.5) is 0 Å². The van der Waals surface area contributed by atoms with Gasteiger partial charge in [-0.2, -0.15) is 0 Å². The van der Waals surface area contributed by atoms with Crippen molar-refractivity contribution in [3.63, 3.8) is 0 Å². The van der Waals surface area contributed by atoms with Crippen molar-refractivity contribution in [2.24, 2.45) is 17.6 Å². The molecule has 1 aromatic rings. The highest BCUT2D eigenvalue weighted by atomic mass is 32.1. The molecule has 1 aliphatic carbocycles. The fraction of sp³-hybridized carbons (Fsp3) is 0.588. The van der Waals surface area contributed by atoms with Gasteiger partial charge < -0.3 is 15.2 Å². The molecule has 4 heteroatoms. The van der Waals surface area contributed by atoms with Crippen LogP contribution in [0.1, 0.15) is 38.7 Å². The molecule has 3 unspecified atom stereocenters. The summed E-state index contributed by atoms with van der Waals surface area (Å²) < 4.78 is 11.6. The Hall–Kier alpha value is -1.13. The van der Waals surface area contributed by atoms with Crippen molar-refractivity contribution in [2.75, 3.05) is 13.2 Å². The highest BCUT2D eigenvalue weighted by Crippen LogP contribution is 2.30. The van der Waals surface area contributed by atoms with Gasteiger partial charge in [0.25, 0.3) is 0 Å². The monoisotopic (exact) mass is 307 g/mol. The van der Waals surface area contributed by atoms with Crippen LogP contribution in [0.25, 0.3) is 0 Å². The standard InChI is InChI=1S/C17H25NO2S/c1-12-6-7-16(10-13(12)2)20-9-8-19-15-5-3-4-14(11-15)17(18)21/h3-5,11-13,16H,6-10H2,1-2H3,(H2,18,21). The van der Waals surface area contributed by atoms with E-state index in [4.69, 9.17) is 27.4 Å². The lowest BCUT2D eigenvalue weighted by molar-refractivity contribution is -0.00908. The predicted molar refractivity (Wildman–Crippen MR) is 89.7 cm³/mol. The van der Waals surface area contributed by atoms with Crippen molar-refractivity contribution in [3.05, 3.63) is 29.8 Å². The SMILES string of the molecule is CC1CCC(OCCOc2cccc(C(N)=S)c2)CC1C. The van der Waals surface area contributed by atoms with E-state index in [0.717, 1.165) is 29.6 Å². The van der Waals surface area contributed by atoms with Crippen molar-refractivity contribution < 1.29 is 9.47 Å². The predicted octanol–water partition coefficient (Wildman–Crippen LogP) is 3.54. The molecule has 1 aliphatic rings. The molecule has 1 aromatic carbocycles. The summed E-state index contributed by atoms with van der Waals surface area (Å²) in [4.78, 5) is 0.391. The zero-order valence-corrected chi connectivity index (χ0v) is 13.7. The van der Waals surface area contributed by atoms with Crippen LogP contribution in [-0.2, 0) is 4.74 Å². The zero-order chi connectivity index (χ0) is 15.2. The molecule has 21 heavy (non-hydrogen) atoms. The number of benzene rings is 1. The number of nitrogens with two attached hydrogens (primary N) is 1. The number of thiocarbonyl (C=S) groups is 1. The van der Waals surface area contributed by atoms with Gasteiger partial charge in [0.1, 0.15) is 17.3 Å². The number of ether oxygens (including phenoxy) is 2. The normalized spacial score (nSPS) is 25.5. The molecular weight excluding hydrogens is 282 g/mol. The van der Waals surface area contributed by atoms with E-state index in [0.29, 0.717) is 24.3 Å². The van der Waals surface area contributed by atoms with Crippen molar-refractivity contribution in [1.29, 1.82) is 0 Å². The van der Waals surface area contributed by atoms with E-state index in [1.807, 2.05) is 24.3 Å². The van der Waals surface area contributed by atoms with Gasteiger partial charge in [-0.1, -0.05) is 38.2 Å². The van der Waals surface area contributed by atoms with E-state index in [1.165, 1.54) is 12.8 Å². The van der Waals surface area contributed by atoms with Crippen LogP contribution < -0.4 is 10.5 Å². The fourth-order valence-corrected chi connectivity index (χ4v) is 2.89. The minimum atomic E-state index is 0.391. The molecule has 0 heterocycles. The minimum Gasteiger partial charge on any atom is -0.491 e. The van der Waals surface area contributed by atoms with Gasteiger partial charge in [-0.3, -0.25) is 0 Å². The number of hydrogen-bond donors (Lipinski definition) is 1. The van der Waals surface area contributed by atoms with E-state index >= 15 is 0 Å². The maximum Gasteiger partial charge on any atom is 0.120 e. The maximum absolute atomic E-state index is 5.93. The average molecular weight is 307 g/mol. The van der Waals surface area contributed by atoms with Crippen LogP contribution >= 0.6 is 12.2 Å². The van der Waals surface area contributed by atoms with E-state index in [-0.39, 0.29) is 0 Å². The molecule has 0 amide bonds. The van der Waals surface area contributed by atoms with E-state index in [1.54, 1.807) is 0 Å². The second kappa shape index (κ2) is 7.76. The topological polar surface area (TPSA) is 44.5 Å². The summed E-state index contributed by atoms with van der Waals surface area (Å²) >= 11 is 4.96. The van der Waals surface area contributed by atoms with Crippen LogP contribution in [-0.4, -0.2) is 24.3 Å². The summed E-state index contributed by atoms with van der Waals surface area (Å²) in [6.07, 6.45) is 3.99. The van der Waals surface area contributed by atoms with E-state index in [9.17, 15) is 0 Å². The summed E-state index contributed by atoms with van der Waals surface area (Å²) in [7, 11) is 0. The molecule has 116 valence electrons. The molecule has 2 rings (SSSR count). The van der Waals surface area contributed by atoms with Gasteiger partial charge in [-0.05, 0) is 43.2 Å². The Labute approximate surface area is 132 Å². The highest BCUT2D eigenvalue weighted by molar-refractivity contribution is 7.80. The van der Waals surface area contributed by atoms with Gasteiger partial charge >= 0.3 is 0 Å². The maximum atomic E-state index is 5.93. The number of rotatable bonds is 6. The summed E-state index contributed by atoms with van der Waals surface area (Å²) in [5, 5.41) is 0. The Kier molecular flexibility index (Phi) is 6.00. The van der Waals surface area contributed by atoms with Gasteiger partial charge in [-0.25, -0.2) is 0 Å². The lowest BCUT2D eigenvalue weighted by Gasteiger charge is -2.31. The van der Waals surface area contributed by atoms with Gasteiger partial charge in [-0.15, -0.1) is 0 Å². The lowest BCUT2D eigenvalue weighted by Crippen LogP contribution is -2.28. The van der Waals surface area contributed by atoms with Gasteiger partial charge in [0.05, 0.1) is 12.7 Å². The summed E-state index contributed by atoms with van der Waals surface area (Å²) in [6, 6.07) is 7.56. The van der Waals surface area contributed by atoms with Gasteiger partial charge in [0.15, 0.2) is 0 Å². The number of hydrogen-bond acceptors (Lipinski definition) is 3. The quantitative estimate of drug-likeness (QED) is 0.645. The average Bonchev–Trinajstić information content (AvgIpc) is 2.47. The molecule has 1 saturated carbocycles. The third-order valence-corrected chi connectivity index (χ3v) is 4.61. The summed E-state index contributed by atoms with van der Waals surface area (Å²) in [6.45, 7) is 5.83. The molecule has 0 spiro atoms. The Bertz CT molecular complexity index is 478. The van der Waals surface area contributed by atoms with Crippen LogP contribution in [0.3, 0.4) is 0 Å². The second-order valence-corrected chi connectivity index (χ2v) is 6.44. The first-order valence-electron chi connectivity index (χ1n) is 7.70. The molecule has 0 aliphatic heterocycles. The molecule has 1 fully saturated rings. The molecule has 3 nitrogen and oxygen atoms in total. The van der Waals surface area contributed by atoms with Crippen LogP contribution in [0.2, 0.25) is 0 Å². The fourth-order valence-electron chi connectivity index (χ4n) is 2.76. The van der Waals surface area contributed by atoms with Crippen molar-refractivity contribution >= 4 is 17.2 Å². The molecule has 3 atom stereocenters. The molecule has 0 radical (unpaired) electrons. The Balaban J connectivity index is 1.70. The zero-order valence-electron chi connectivity index (χ0n) is 12.9. The molecule has 2 N–H and O–H groups in total. The lowest BCUT2D eigenvalue weighted by atomic mass is 9.80. The van der Waals surface area contributed by atoms with Crippen molar-refractivity contribution in [1.82, 2.24) is 0 Å². The summed E-state index contributed by atoms with van der Waals surface area (Å²) in [5.41, 5.74) is 6.44. The van der Waals surface area contributed by atoms with Crippen molar-refractivity contribution in [3.8, 4) is 5.75 Å². The van der Waals surface area contributed by atoms with Crippen molar-refractivity contribution in [2.45, 2.75) is 39.2 Å². The smallest absolute Gasteiger partial charge is 0.120 e. The first kappa shape index (κ1) is 16.2. The Morgan fingerprint density at radius 3 is 2.76 bits per heavy atom. The molecular formula is C17H25NO2S. The first-order chi connectivity index (χ1) is 10.1. The molecule has 0 saturated heterocycles. The molecule has 0 bridgehead atoms. The highest BCUT2D eigenvalue weighted by Gasteiger charge is 2.24. The van der Waals surface area contributed by atoms with Crippen LogP contribution in [0, 0.1) is 11.8 Å².